The predicted octanol–water partition coefficient (Wildman–Crippen LogP) is 4.09. The summed E-state index contributed by atoms with van der Waals surface area (Å²) in [7, 11) is 0. The van der Waals surface area contributed by atoms with Gasteiger partial charge in [0.05, 0.1) is 29.6 Å². The fraction of sp³-hybridized carbons (Fsp3) is 0.143. The van der Waals surface area contributed by atoms with Crippen molar-refractivity contribution in [2.75, 3.05) is 12.0 Å². The van der Waals surface area contributed by atoms with E-state index in [1.807, 2.05) is 43.3 Å². The minimum absolute atomic E-state index is 0.134. The Morgan fingerprint density at radius 3 is 2.90 bits per heavy atom. The van der Waals surface area contributed by atoms with Crippen LogP contribution in [0.4, 0.5) is 5.82 Å². The Balaban J connectivity index is 1.75. The number of hydrazone groups is 1. The SMILES string of the molecule is CCOc1ccccc1-c1sc2c(N/N=C/c3cccnc3)ncnc2c1CO. The first-order valence-electron chi connectivity index (χ1n) is 9.10. The van der Waals surface area contributed by atoms with Crippen molar-refractivity contribution in [3.05, 3.63) is 66.2 Å². The highest BCUT2D eigenvalue weighted by Gasteiger charge is 2.19. The average Bonchev–Trinajstić information content (AvgIpc) is 3.14. The minimum Gasteiger partial charge on any atom is -0.493 e. The van der Waals surface area contributed by atoms with Crippen LogP contribution in [0, 0.1) is 0 Å². The van der Waals surface area contributed by atoms with Crippen LogP contribution in [0.1, 0.15) is 18.1 Å². The largest absolute Gasteiger partial charge is 0.493 e. The second-order valence-electron chi connectivity index (χ2n) is 6.05. The molecule has 7 nitrogen and oxygen atoms in total. The monoisotopic (exact) mass is 405 g/mol. The molecule has 0 saturated carbocycles. The van der Waals surface area contributed by atoms with E-state index in [4.69, 9.17) is 4.74 Å². The number of para-hydroxylation sites is 1. The molecule has 2 N–H and O–H groups in total. The van der Waals surface area contributed by atoms with Crippen LogP contribution >= 0.6 is 11.3 Å². The van der Waals surface area contributed by atoms with E-state index in [1.165, 1.54) is 17.7 Å². The third-order valence-corrected chi connectivity index (χ3v) is 5.49. The average molecular weight is 405 g/mol. The number of nitrogens with one attached hydrogen (secondary N) is 1. The van der Waals surface area contributed by atoms with Gasteiger partial charge >= 0.3 is 0 Å². The zero-order valence-corrected chi connectivity index (χ0v) is 16.6. The number of thiophene rings is 1. The molecule has 1 aromatic carbocycles. The van der Waals surface area contributed by atoms with Gasteiger partial charge in [0.1, 0.15) is 12.1 Å². The standard InChI is InChI=1S/C21H19N5O2S/c1-2-28-17-8-4-3-7-15(17)19-16(12-27)18-20(29-19)21(24-13-23-18)26-25-11-14-6-5-9-22-10-14/h3-11,13,27H,2,12H2,1H3,(H,23,24,26)/b25-11+. The normalized spacial score (nSPS) is 11.2. The molecule has 0 fully saturated rings. The van der Waals surface area contributed by atoms with Gasteiger partial charge in [-0.15, -0.1) is 11.3 Å². The maximum atomic E-state index is 10.1. The Hall–Kier alpha value is -3.36. The molecule has 4 rings (SSSR count). The first-order chi connectivity index (χ1) is 14.3. The maximum absolute atomic E-state index is 10.1. The molecule has 0 aliphatic carbocycles. The van der Waals surface area contributed by atoms with Gasteiger partial charge < -0.3 is 9.84 Å². The number of fused-ring (bicyclic) bond motifs is 1. The second kappa shape index (κ2) is 8.76. The number of hydrogen-bond donors (Lipinski definition) is 2. The van der Waals surface area contributed by atoms with Gasteiger partial charge in [-0.2, -0.15) is 5.10 Å². The Morgan fingerprint density at radius 2 is 2.10 bits per heavy atom. The van der Waals surface area contributed by atoms with E-state index in [0.717, 1.165) is 32.0 Å². The fourth-order valence-electron chi connectivity index (χ4n) is 2.96. The summed E-state index contributed by atoms with van der Waals surface area (Å²) in [6.45, 7) is 2.37. The van der Waals surface area contributed by atoms with Crippen molar-refractivity contribution in [3.8, 4) is 16.2 Å². The van der Waals surface area contributed by atoms with Crippen molar-refractivity contribution >= 4 is 33.6 Å². The third kappa shape index (κ3) is 3.94. The summed E-state index contributed by atoms with van der Waals surface area (Å²) in [6, 6.07) is 11.5. The van der Waals surface area contributed by atoms with Crippen LogP contribution in [0.25, 0.3) is 20.7 Å². The Bertz CT molecular complexity index is 1140. The highest BCUT2D eigenvalue weighted by molar-refractivity contribution is 7.23. The van der Waals surface area contributed by atoms with Crippen LogP contribution in [0.5, 0.6) is 5.75 Å². The van der Waals surface area contributed by atoms with E-state index in [9.17, 15) is 5.11 Å². The van der Waals surface area contributed by atoms with Crippen molar-refractivity contribution in [2.45, 2.75) is 13.5 Å². The number of pyridine rings is 1. The number of benzene rings is 1. The van der Waals surface area contributed by atoms with E-state index >= 15 is 0 Å². The lowest BCUT2D eigenvalue weighted by Crippen LogP contribution is -1.96. The minimum atomic E-state index is -0.134. The molecule has 0 spiro atoms. The number of hydrogen-bond acceptors (Lipinski definition) is 8. The lowest BCUT2D eigenvalue weighted by Gasteiger charge is -2.09. The third-order valence-electron chi connectivity index (χ3n) is 4.23. The first kappa shape index (κ1) is 19.0. The van der Waals surface area contributed by atoms with Crippen LogP contribution in [0.2, 0.25) is 0 Å². The lowest BCUT2D eigenvalue weighted by molar-refractivity contribution is 0.284. The number of nitrogens with zero attached hydrogens (tertiary/aromatic N) is 4. The van der Waals surface area contributed by atoms with Crippen molar-refractivity contribution in [3.63, 3.8) is 0 Å². The van der Waals surface area contributed by atoms with E-state index in [1.54, 1.807) is 18.6 Å². The van der Waals surface area contributed by atoms with Gasteiger partial charge in [-0.1, -0.05) is 18.2 Å². The topological polar surface area (TPSA) is 92.5 Å². The molecule has 29 heavy (non-hydrogen) atoms. The molecule has 0 bridgehead atoms. The predicted molar refractivity (Wildman–Crippen MR) is 115 cm³/mol. The van der Waals surface area contributed by atoms with Gasteiger partial charge in [0.25, 0.3) is 0 Å². The summed E-state index contributed by atoms with van der Waals surface area (Å²) < 4.78 is 6.60. The molecule has 0 radical (unpaired) electrons. The summed E-state index contributed by atoms with van der Waals surface area (Å²) in [5, 5.41) is 14.3. The van der Waals surface area contributed by atoms with Gasteiger partial charge in [0, 0.05) is 34.0 Å². The van der Waals surface area contributed by atoms with E-state index < -0.39 is 0 Å². The quantitative estimate of drug-likeness (QED) is 0.355. The molecule has 0 aliphatic rings. The Kier molecular flexibility index (Phi) is 5.73. The van der Waals surface area contributed by atoms with E-state index in [0.29, 0.717) is 17.9 Å². The van der Waals surface area contributed by atoms with Gasteiger partial charge in [-0.05, 0) is 25.1 Å². The van der Waals surface area contributed by atoms with Crippen LogP contribution in [-0.2, 0) is 6.61 Å². The summed E-state index contributed by atoms with van der Waals surface area (Å²) in [5.74, 6) is 1.35. The summed E-state index contributed by atoms with van der Waals surface area (Å²) in [6.07, 6.45) is 6.57. The molecular weight excluding hydrogens is 386 g/mol. The van der Waals surface area contributed by atoms with E-state index in [-0.39, 0.29) is 6.61 Å². The lowest BCUT2D eigenvalue weighted by atomic mass is 10.1. The number of anilines is 1. The van der Waals surface area contributed by atoms with Crippen molar-refractivity contribution in [1.82, 2.24) is 15.0 Å². The van der Waals surface area contributed by atoms with Crippen molar-refractivity contribution in [2.24, 2.45) is 5.10 Å². The van der Waals surface area contributed by atoms with E-state index in [2.05, 4.69) is 25.5 Å². The Morgan fingerprint density at radius 1 is 1.21 bits per heavy atom. The van der Waals surface area contributed by atoms with Crippen LogP contribution in [0.15, 0.2) is 60.2 Å². The number of ether oxygens (including phenoxy) is 1. The molecule has 3 aromatic heterocycles. The number of aliphatic hydroxyl groups excluding tert-OH is 1. The summed E-state index contributed by atoms with van der Waals surface area (Å²) >= 11 is 1.50. The molecule has 0 saturated heterocycles. The molecule has 0 aliphatic heterocycles. The summed E-state index contributed by atoms with van der Waals surface area (Å²) in [4.78, 5) is 13.7. The van der Waals surface area contributed by atoms with Crippen LogP contribution in [-0.4, -0.2) is 32.9 Å². The van der Waals surface area contributed by atoms with Gasteiger partial charge in [-0.25, -0.2) is 9.97 Å². The van der Waals surface area contributed by atoms with Gasteiger partial charge in [0.15, 0.2) is 5.82 Å². The highest BCUT2D eigenvalue weighted by Crippen LogP contribution is 2.43. The molecule has 0 amide bonds. The molecular formula is C21H19N5O2S. The number of aromatic nitrogens is 3. The highest BCUT2D eigenvalue weighted by atomic mass is 32.1. The maximum Gasteiger partial charge on any atom is 0.167 e. The van der Waals surface area contributed by atoms with Crippen molar-refractivity contribution in [1.29, 1.82) is 0 Å². The second-order valence-corrected chi connectivity index (χ2v) is 7.07. The molecule has 146 valence electrons. The summed E-state index contributed by atoms with van der Waals surface area (Å²) in [5.41, 5.74) is 6.23. The fourth-order valence-corrected chi connectivity index (χ4v) is 4.19. The zero-order chi connectivity index (χ0) is 20.1. The smallest absolute Gasteiger partial charge is 0.167 e. The van der Waals surface area contributed by atoms with Crippen LogP contribution in [0.3, 0.4) is 0 Å². The first-order valence-corrected chi connectivity index (χ1v) is 9.92. The molecule has 3 heterocycles. The number of aliphatic hydroxyl groups is 1. The molecule has 0 atom stereocenters. The molecule has 0 unspecified atom stereocenters. The zero-order valence-electron chi connectivity index (χ0n) is 15.7. The molecule has 8 heteroatoms. The van der Waals surface area contributed by atoms with Gasteiger partial charge in [-0.3, -0.25) is 10.4 Å². The van der Waals surface area contributed by atoms with Crippen LogP contribution < -0.4 is 10.2 Å². The molecule has 4 aromatic rings. The Labute approximate surface area is 171 Å². The number of rotatable bonds is 7. The van der Waals surface area contributed by atoms with Gasteiger partial charge in [0.2, 0.25) is 0 Å². The van der Waals surface area contributed by atoms with Crippen molar-refractivity contribution < 1.29 is 9.84 Å².